The Bertz CT molecular complexity index is 824. The maximum atomic E-state index is 12.9. The van der Waals surface area contributed by atoms with Gasteiger partial charge in [0.1, 0.15) is 0 Å². The van der Waals surface area contributed by atoms with Gasteiger partial charge in [-0.1, -0.05) is 12.1 Å². The van der Waals surface area contributed by atoms with Gasteiger partial charge in [-0.3, -0.25) is 9.59 Å². The molecule has 0 unspecified atom stereocenters. The van der Waals surface area contributed by atoms with Gasteiger partial charge in [0.15, 0.2) is 5.78 Å². The minimum Gasteiger partial charge on any atom is -0.344 e. The Kier molecular flexibility index (Phi) is 7.08. The first-order valence-corrected chi connectivity index (χ1v) is 11.8. The maximum Gasteiger partial charge on any atom is 0.243 e. The van der Waals surface area contributed by atoms with Crippen molar-refractivity contribution < 1.29 is 18.0 Å². The summed E-state index contributed by atoms with van der Waals surface area (Å²) in [5.74, 6) is -0.0979. The number of carbonyl (C=O) groups excluding carboxylic acids is 2. The lowest BCUT2D eigenvalue weighted by Crippen LogP contribution is -2.44. The molecule has 8 heteroatoms. The molecule has 0 aliphatic carbocycles. The van der Waals surface area contributed by atoms with Crippen molar-refractivity contribution in [3.8, 4) is 0 Å². The zero-order valence-electron chi connectivity index (χ0n) is 17.3. The molecular formula is C21H31N3O4S. The highest BCUT2D eigenvalue weighted by molar-refractivity contribution is 7.89. The molecule has 0 radical (unpaired) electrons. The first kappa shape index (κ1) is 21.9. The minimum absolute atomic E-state index is 0.0953. The number of likely N-dealkylation sites (N-methyl/N-ethyl adjacent to an activating group) is 1. The number of ketones is 1. The smallest absolute Gasteiger partial charge is 0.243 e. The fraction of sp³-hybridized carbons (Fsp3) is 0.619. The molecule has 1 amide bonds. The van der Waals surface area contributed by atoms with Gasteiger partial charge in [-0.15, -0.1) is 0 Å². The maximum absolute atomic E-state index is 12.9. The van der Waals surface area contributed by atoms with Crippen LogP contribution in [-0.2, 0) is 14.8 Å². The number of hydrogen-bond acceptors (Lipinski definition) is 5. The number of sulfonamides is 1. The Balaban J connectivity index is 1.53. The molecule has 0 spiro atoms. The van der Waals surface area contributed by atoms with Crippen LogP contribution in [0.15, 0.2) is 29.2 Å². The van der Waals surface area contributed by atoms with E-state index in [0.29, 0.717) is 31.5 Å². The highest BCUT2D eigenvalue weighted by atomic mass is 32.2. The molecule has 2 aliphatic rings. The van der Waals surface area contributed by atoms with Gasteiger partial charge in [0, 0.05) is 44.7 Å². The van der Waals surface area contributed by atoms with E-state index in [1.54, 1.807) is 17.0 Å². The number of piperidine rings is 1. The van der Waals surface area contributed by atoms with Crippen LogP contribution >= 0.6 is 0 Å². The van der Waals surface area contributed by atoms with E-state index >= 15 is 0 Å². The minimum atomic E-state index is -3.60. The Labute approximate surface area is 173 Å². The molecule has 160 valence electrons. The fourth-order valence-electron chi connectivity index (χ4n) is 4.07. The Morgan fingerprint density at radius 2 is 1.62 bits per heavy atom. The number of rotatable bonds is 7. The van der Waals surface area contributed by atoms with Gasteiger partial charge in [-0.2, -0.15) is 4.31 Å². The molecule has 2 fully saturated rings. The summed E-state index contributed by atoms with van der Waals surface area (Å²) in [6.07, 6.45) is 3.56. The summed E-state index contributed by atoms with van der Waals surface area (Å²) in [5.41, 5.74) is 0.491. The van der Waals surface area contributed by atoms with Gasteiger partial charge in [0.25, 0.3) is 0 Å². The molecule has 2 aliphatic heterocycles. The number of amides is 1. The summed E-state index contributed by atoms with van der Waals surface area (Å²) in [6, 6.07) is 6.05. The van der Waals surface area contributed by atoms with Crippen LogP contribution in [0.1, 0.15) is 43.0 Å². The zero-order valence-corrected chi connectivity index (χ0v) is 18.2. The highest BCUT2D eigenvalue weighted by Gasteiger charge is 2.33. The number of Topliss-reactive ketones (excluding diaryl/α,β-unsaturated/α-hetero) is 1. The zero-order chi connectivity index (χ0) is 21.0. The van der Waals surface area contributed by atoms with Crippen molar-refractivity contribution in [1.82, 2.24) is 14.1 Å². The quantitative estimate of drug-likeness (QED) is 0.628. The van der Waals surface area contributed by atoms with Crippen molar-refractivity contribution in [2.24, 2.45) is 5.92 Å². The average molecular weight is 422 g/mol. The number of benzene rings is 1. The van der Waals surface area contributed by atoms with Crippen molar-refractivity contribution in [3.63, 3.8) is 0 Å². The number of hydrogen-bond donors (Lipinski definition) is 0. The molecule has 2 heterocycles. The molecule has 0 atom stereocenters. The van der Waals surface area contributed by atoms with E-state index in [-0.39, 0.29) is 22.5 Å². The predicted molar refractivity (Wildman–Crippen MR) is 111 cm³/mol. The largest absolute Gasteiger partial charge is 0.344 e. The van der Waals surface area contributed by atoms with Crippen molar-refractivity contribution >= 4 is 21.7 Å². The predicted octanol–water partition coefficient (Wildman–Crippen LogP) is 1.84. The molecule has 2 saturated heterocycles. The Hall–Kier alpha value is -1.77. The van der Waals surface area contributed by atoms with E-state index in [2.05, 4.69) is 4.90 Å². The van der Waals surface area contributed by atoms with E-state index in [0.717, 1.165) is 26.2 Å². The van der Waals surface area contributed by atoms with Crippen molar-refractivity contribution in [1.29, 1.82) is 0 Å². The van der Waals surface area contributed by atoms with Crippen LogP contribution in [0.2, 0.25) is 0 Å². The van der Waals surface area contributed by atoms with Gasteiger partial charge in [0.2, 0.25) is 15.9 Å². The summed E-state index contributed by atoms with van der Waals surface area (Å²) in [7, 11) is -1.76. The number of carbonyl (C=O) groups is 2. The van der Waals surface area contributed by atoms with E-state index < -0.39 is 10.0 Å². The summed E-state index contributed by atoms with van der Waals surface area (Å²) in [4.78, 5) is 28.5. The van der Waals surface area contributed by atoms with Crippen molar-refractivity contribution in [3.05, 3.63) is 29.8 Å². The lowest BCUT2D eigenvalue weighted by molar-refractivity contribution is -0.135. The fourth-order valence-corrected chi connectivity index (χ4v) is 5.54. The van der Waals surface area contributed by atoms with Crippen LogP contribution in [0.4, 0.5) is 0 Å². The second-order valence-electron chi connectivity index (χ2n) is 8.07. The molecule has 0 bridgehead atoms. The molecule has 7 nitrogen and oxygen atoms in total. The molecule has 1 aromatic rings. The van der Waals surface area contributed by atoms with Gasteiger partial charge in [-0.05, 0) is 57.8 Å². The van der Waals surface area contributed by atoms with Gasteiger partial charge >= 0.3 is 0 Å². The Morgan fingerprint density at radius 1 is 1.03 bits per heavy atom. The van der Waals surface area contributed by atoms with Crippen molar-refractivity contribution in [2.75, 3.05) is 46.3 Å². The standard InChI is InChI=1S/C21H31N3O4S/c1-17(25)18-5-7-20(8-6-18)29(27,28)24-13-9-19(10-14-24)21(26)22(2)15-16-23-11-3-4-12-23/h5-8,19H,3-4,9-16H2,1-2H3. The van der Waals surface area contributed by atoms with E-state index in [1.165, 1.54) is 36.2 Å². The second kappa shape index (κ2) is 9.36. The third-order valence-electron chi connectivity index (χ3n) is 6.03. The molecule has 0 N–H and O–H groups in total. The third kappa shape index (κ3) is 5.24. The topological polar surface area (TPSA) is 78.0 Å². The van der Waals surface area contributed by atoms with E-state index in [1.807, 2.05) is 7.05 Å². The van der Waals surface area contributed by atoms with Crippen LogP contribution in [0.5, 0.6) is 0 Å². The second-order valence-corrected chi connectivity index (χ2v) is 10.0. The molecule has 29 heavy (non-hydrogen) atoms. The van der Waals surface area contributed by atoms with Gasteiger partial charge < -0.3 is 9.80 Å². The van der Waals surface area contributed by atoms with Crippen LogP contribution in [-0.4, -0.2) is 80.5 Å². The average Bonchev–Trinajstić information content (AvgIpc) is 3.25. The number of nitrogens with zero attached hydrogens (tertiary/aromatic N) is 3. The summed E-state index contributed by atoms with van der Waals surface area (Å²) in [5, 5.41) is 0. The molecule has 3 rings (SSSR count). The summed E-state index contributed by atoms with van der Waals surface area (Å²) in [6.45, 7) is 6.00. The number of likely N-dealkylation sites (tertiary alicyclic amines) is 1. The molecular weight excluding hydrogens is 390 g/mol. The first-order chi connectivity index (χ1) is 13.8. The van der Waals surface area contributed by atoms with Gasteiger partial charge in [-0.25, -0.2) is 8.42 Å². The first-order valence-electron chi connectivity index (χ1n) is 10.4. The lowest BCUT2D eigenvalue weighted by atomic mass is 9.97. The molecule has 0 saturated carbocycles. The van der Waals surface area contributed by atoms with Gasteiger partial charge in [0.05, 0.1) is 4.90 Å². The van der Waals surface area contributed by atoms with Crippen molar-refractivity contribution in [2.45, 2.75) is 37.5 Å². The molecule has 0 aromatic heterocycles. The van der Waals surface area contributed by atoms with Crippen LogP contribution < -0.4 is 0 Å². The van der Waals surface area contributed by atoms with E-state index in [4.69, 9.17) is 0 Å². The summed E-state index contributed by atoms with van der Waals surface area (Å²) >= 11 is 0. The lowest BCUT2D eigenvalue weighted by Gasteiger charge is -2.33. The molecule has 1 aromatic carbocycles. The van der Waals surface area contributed by atoms with Crippen LogP contribution in [0, 0.1) is 5.92 Å². The Morgan fingerprint density at radius 3 is 2.17 bits per heavy atom. The highest BCUT2D eigenvalue weighted by Crippen LogP contribution is 2.25. The van der Waals surface area contributed by atoms with E-state index in [9.17, 15) is 18.0 Å². The van der Waals surface area contributed by atoms with Crippen LogP contribution in [0.3, 0.4) is 0 Å². The van der Waals surface area contributed by atoms with Crippen LogP contribution in [0.25, 0.3) is 0 Å². The normalized spacial score (nSPS) is 19.4. The third-order valence-corrected chi connectivity index (χ3v) is 7.94. The summed E-state index contributed by atoms with van der Waals surface area (Å²) < 4.78 is 27.2. The monoisotopic (exact) mass is 421 g/mol. The SMILES string of the molecule is CC(=O)c1ccc(S(=O)(=O)N2CCC(C(=O)N(C)CCN3CCCC3)CC2)cc1.